The Morgan fingerprint density at radius 2 is 0.459 bits per heavy atom. The second kappa shape index (κ2) is 46.4. The first-order valence-corrected chi connectivity index (χ1v) is 31.1. The first-order chi connectivity index (χ1) is 29.8. The zero-order valence-electron chi connectivity index (χ0n) is 38.5. The van der Waals surface area contributed by atoms with Gasteiger partial charge in [-0.25, -0.2) is 0 Å². The van der Waals surface area contributed by atoms with Crippen molar-refractivity contribution in [1.29, 1.82) is 0 Å². The summed E-state index contributed by atoms with van der Waals surface area (Å²) in [6.07, 6.45) is 8.56. The molecule has 0 aliphatic carbocycles. The minimum atomic E-state index is -3.74. The molecule has 0 saturated heterocycles. The van der Waals surface area contributed by atoms with Crippen LogP contribution >= 0.6 is 0 Å². The fourth-order valence-corrected chi connectivity index (χ4v) is 18.3. The van der Waals surface area contributed by atoms with Crippen molar-refractivity contribution in [2.45, 2.75) is 122 Å². The molecule has 0 aliphatic rings. The molecule has 0 saturated carbocycles. The van der Waals surface area contributed by atoms with Gasteiger partial charge in [0.1, 0.15) is 0 Å². The van der Waals surface area contributed by atoms with Crippen LogP contribution in [0.1, 0.15) is 105 Å². The number of hydrogen-bond acceptors (Lipinski definition) is 16. The van der Waals surface area contributed by atoms with E-state index in [1.807, 2.05) is 0 Å². The third-order valence-electron chi connectivity index (χ3n) is 9.46. The van der Waals surface area contributed by atoms with Crippen molar-refractivity contribution in [1.82, 2.24) is 0 Å². The summed E-state index contributed by atoms with van der Waals surface area (Å²) in [5.74, 6) is -1.61. The van der Waals surface area contributed by atoms with Gasteiger partial charge in [0.05, 0.1) is 0 Å². The van der Waals surface area contributed by atoms with Gasteiger partial charge in [0.2, 0.25) is 0 Å². The van der Waals surface area contributed by atoms with E-state index in [1.54, 1.807) is 0 Å². The summed E-state index contributed by atoms with van der Waals surface area (Å²) in [5, 5.41) is 0. The summed E-state index contributed by atoms with van der Waals surface area (Å²) >= 11 is -3.74. The standard InChI is InChI=1S/4C11H21O4.Sn/c4*1-3-5-6-13-7-8-14-9-10-15-11(12)4-2;/h4*2-10H2,1H3;. The zero-order valence-corrected chi connectivity index (χ0v) is 41.3. The van der Waals surface area contributed by atoms with Crippen LogP contribution in [0.25, 0.3) is 0 Å². The molecule has 0 rings (SSSR count). The van der Waals surface area contributed by atoms with E-state index < -0.39 is 42.3 Å². The molecule has 0 aromatic heterocycles. The molecule has 0 N–H and O–H groups in total. The fraction of sp³-hybridized carbons (Fsp3) is 0.909. The van der Waals surface area contributed by atoms with E-state index in [0.29, 0.717) is 97.0 Å². The van der Waals surface area contributed by atoms with Crippen molar-refractivity contribution in [3.8, 4) is 0 Å². The number of carbonyl (C=O) groups excluding carboxylic acids is 4. The van der Waals surface area contributed by atoms with Crippen molar-refractivity contribution in [2.24, 2.45) is 0 Å². The smallest absolute Gasteiger partial charge is 0.0653 e. The molecule has 0 aromatic rings. The molecule has 61 heavy (non-hydrogen) atoms. The molecule has 17 heteroatoms. The molecule has 0 unspecified atom stereocenters. The minimum absolute atomic E-state index is 0.0891. The molecule has 0 spiro atoms. The van der Waals surface area contributed by atoms with Crippen LogP contribution in [0.2, 0.25) is 17.7 Å². The Balaban J connectivity index is 5.45. The Hall–Kier alpha value is -1.64. The number of esters is 4. The van der Waals surface area contributed by atoms with Gasteiger partial charge in [-0.15, -0.1) is 0 Å². The van der Waals surface area contributed by atoms with Gasteiger partial charge in [0, 0.05) is 0 Å². The van der Waals surface area contributed by atoms with Gasteiger partial charge >= 0.3 is 320 Å². The summed E-state index contributed by atoms with van der Waals surface area (Å²) in [6, 6.07) is 0. The van der Waals surface area contributed by atoms with Crippen LogP contribution in [0.4, 0.5) is 0 Å². The van der Waals surface area contributed by atoms with E-state index in [4.69, 9.17) is 56.8 Å². The average Bonchev–Trinajstić information content (AvgIpc) is 3.26. The van der Waals surface area contributed by atoms with Crippen molar-refractivity contribution >= 4 is 42.3 Å². The summed E-state index contributed by atoms with van der Waals surface area (Å²) in [4.78, 5) is 52.0. The summed E-state index contributed by atoms with van der Waals surface area (Å²) in [5.41, 5.74) is 0. The van der Waals surface area contributed by atoms with Gasteiger partial charge in [-0.3, -0.25) is 0 Å². The molecule has 0 atom stereocenters. The summed E-state index contributed by atoms with van der Waals surface area (Å²) in [6.45, 7) is 16.0. The number of unbranched alkanes of at least 4 members (excludes halogenated alkanes) is 4. The van der Waals surface area contributed by atoms with Crippen LogP contribution in [0.5, 0.6) is 0 Å². The Bertz CT molecular complexity index is 863. The molecule has 16 nitrogen and oxygen atoms in total. The predicted molar refractivity (Wildman–Crippen MR) is 233 cm³/mol. The van der Waals surface area contributed by atoms with Crippen LogP contribution in [0.15, 0.2) is 0 Å². The molecule has 0 fully saturated rings. The third kappa shape index (κ3) is 42.1. The second-order valence-electron chi connectivity index (χ2n) is 14.7. The Morgan fingerprint density at radius 1 is 0.279 bits per heavy atom. The summed E-state index contributed by atoms with van der Waals surface area (Å²) in [7, 11) is 0. The SMILES string of the molecule is CCCCOCCOCCOC(=O)C[CH2][Sn]([CH2]CC(=O)OCCOCCOCCCC)([CH2]CC(=O)OCCOCCOCCCC)[CH2]CC(=O)OCCOCCOCCCC. The first kappa shape index (κ1) is 59.4. The monoisotopic (exact) mass is 988 g/mol. The average molecular weight is 988 g/mol. The maximum absolute atomic E-state index is 13.0. The topological polar surface area (TPSA) is 179 Å². The number of carbonyl (C=O) groups is 4. The van der Waals surface area contributed by atoms with Crippen molar-refractivity contribution in [3.05, 3.63) is 0 Å². The molecule has 0 radical (unpaired) electrons. The van der Waals surface area contributed by atoms with Crippen molar-refractivity contribution in [2.75, 3.05) is 132 Å². The van der Waals surface area contributed by atoms with E-state index in [1.165, 1.54) is 0 Å². The van der Waals surface area contributed by atoms with Gasteiger partial charge in [-0.2, -0.15) is 0 Å². The Morgan fingerprint density at radius 3 is 0.656 bits per heavy atom. The number of rotatable bonds is 48. The molecule has 0 heterocycles. The van der Waals surface area contributed by atoms with E-state index in [0.717, 1.165) is 51.4 Å². The maximum atomic E-state index is 13.0. The Labute approximate surface area is 371 Å². The normalized spacial score (nSPS) is 11.5. The molecule has 0 bridgehead atoms. The predicted octanol–water partition coefficient (Wildman–Crippen LogP) is 6.50. The van der Waals surface area contributed by atoms with Crippen molar-refractivity contribution < 1.29 is 76.0 Å². The van der Waals surface area contributed by atoms with Gasteiger partial charge in [0.15, 0.2) is 0 Å². The van der Waals surface area contributed by atoms with E-state index in [-0.39, 0.29) is 78.5 Å². The molecular formula is C44H84O16Sn. The van der Waals surface area contributed by atoms with Gasteiger partial charge in [-0.05, 0) is 0 Å². The van der Waals surface area contributed by atoms with Crippen molar-refractivity contribution in [3.63, 3.8) is 0 Å². The van der Waals surface area contributed by atoms with E-state index in [2.05, 4.69) is 27.7 Å². The fourth-order valence-electron chi connectivity index (χ4n) is 5.64. The van der Waals surface area contributed by atoms with Crippen LogP contribution in [-0.4, -0.2) is 174 Å². The van der Waals surface area contributed by atoms with Crippen LogP contribution in [0, 0.1) is 0 Å². The van der Waals surface area contributed by atoms with E-state index in [9.17, 15) is 19.2 Å². The summed E-state index contributed by atoms with van der Waals surface area (Å²) < 4.78 is 67.9. The van der Waals surface area contributed by atoms with Crippen LogP contribution in [-0.2, 0) is 76.0 Å². The van der Waals surface area contributed by atoms with Gasteiger partial charge < -0.3 is 0 Å². The molecular weight excluding hydrogens is 903 g/mol. The number of hydrogen-bond donors (Lipinski definition) is 0. The van der Waals surface area contributed by atoms with Gasteiger partial charge in [0.25, 0.3) is 0 Å². The first-order valence-electron chi connectivity index (χ1n) is 23.1. The molecule has 0 amide bonds. The second-order valence-corrected chi connectivity index (χ2v) is 29.0. The zero-order chi connectivity index (χ0) is 44.8. The van der Waals surface area contributed by atoms with E-state index >= 15 is 0 Å². The quantitative estimate of drug-likeness (QED) is 0.0279. The van der Waals surface area contributed by atoms with Crippen LogP contribution < -0.4 is 0 Å². The Kier molecular flexibility index (Phi) is 45.1. The molecule has 0 aliphatic heterocycles. The molecule has 0 aromatic carbocycles. The van der Waals surface area contributed by atoms with Gasteiger partial charge in [-0.1, -0.05) is 53.4 Å². The minimum Gasteiger partial charge on any atom is -0.0653 e. The molecule has 360 valence electrons. The third-order valence-corrected chi connectivity index (χ3v) is 24.4. The number of ether oxygens (including phenoxy) is 12. The van der Waals surface area contributed by atoms with Crippen LogP contribution in [0.3, 0.4) is 0 Å².